The van der Waals surface area contributed by atoms with Crippen molar-refractivity contribution in [3.63, 3.8) is 0 Å². The highest BCUT2D eigenvalue weighted by molar-refractivity contribution is 5.77. The number of piperidine rings is 2. The molecule has 1 aromatic heterocycles. The van der Waals surface area contributed by atoms with Crippen LogP contribution in [0.5, 0.6) is 0 Å². The smallest absolute Gasteiger partial charge is 0.225 e. The minimum atomic E-state index is 0.140. The lowest BCUT2D eigenvalue weighted by Gasteiger charge is -2.48. The van der Waals surface area contributed by atoms with Gasteiger partial charge in [0.05, 0.1) is 0 Å². The Labute approximate surface area is 131 Å². The molecule has 0 unspecified atom stereocenters. The number of carbonyl (C=O) groups excluding carboxylic acids is 1. The van der Waals surface area contributed by atoms with Crippen LogP contribution in [0.25, 0.3) is 0 Å². The maximum atomic E-state index is 12.1. The van der Waals surface area contributed by atoms with Gasteiger partial charge < -0.3 is 14.9 Å². The van der Waals surface area contributed by atoms with E-state index in [4.69, 9.17) is 5.11 Å². The van der Waals surface area contributed by atoms with Crippen LogP contribution in [0.3, 0.4) is 0 Å². The van der Waals surface area contributed by atoms with Gasteiger partial charge in [0.1, 0.15) is 0 Å². The molecule has 3 heterocycles. The average Bonchev–Trinajstić information content (AvgIpc) is 2.57. The van der Waals surface area contributed by atoms with E-state index in [1.54, 1.807) is 12.4 Å². The normalized spacial score (nSPS) is 25.8. The van der Waals surface area contributed by atoms with Crippen molar-refractivity contribution < 1.29 is 9.90 Å². The zero-order valence-electron chi connectivity index (χ0n) is 12.9. The summed E-state index contributed by atoms with van der Waals surface area (Å²) in [6.45, 7) is 3.51. The van der Waals surface area contributed by atoms with E-state index < -0.39 is 0 Å². The Hall–Kier alpha value is -1.69. The summed E-state index contributed by atoms with van der Waals surface area (Å²) < 4.78 is 0. The van der Waals surface area contributed by atoms with E-state index in [-0.39, 0.29) is 17.9 Å². The van der Waals surface area contributed by atoms with Crippen LogP contribution < -0.4 is 4.90 Å². The summed E-state index contributed by atoms with van der Waals surface area (Å²) >= 11 is 0. The van der Waals surface area contributed by atoms with Crippen LogP contribution in [0.1, 0.15) is 32.1 Å². The maximum absolute atomic E-state index is 12.1. The van der Waals surface area contributed by atoms with Gasteiger partial charge in [-0.15, -0.1) is 0 Å². The monoisotopic (exact) mass is 304 g/mol. The van der Waals surface area contributed by atoms with Crippen LogP contribution in [0.2, 0.25) is 0 Å². The molecule has 0 radical (unpaired) electrons. The van der Waals surface area contributed by atoms with Gasteiger partial charge in [-0.2, -0.15) is 0 Å². The van der Waals surface area contributed by atoms with Gasteiger partial charge in [-0.05, 0) is 31.7 Å². The maximum Gasteiger partial charge on any atom is 0.225 e. The molecule has 2 aliphatic rings. The molecule has 3 rings (SSSR count). The number of hydrogen-bond acceptors (Lipinski definition) is 5. The molecule has 120 valence electrons. The van der Waals surface area contributed by atoms with Crippen LogP contribution in [-0.4, -0.2) is 58.7 Å². The predicted molar refractivity (Wildman–Crippen MR) is 83.4 cm³/mol. The fourth-order valence-electron chi connectivity index (χ4n) is 3.73. The van der Waals surface area contributed by atoms with Gasteiger partial charge in [0.15, 0.2) is 0 Å². The topological polar surface area (TPSA) is 69.6 Å². The first-order chi connectivity index (χ1) is 10.7. The van der Waals surface area contributed by atoms with Gasteiger partial charge in [-0.3, -0.25) is 4.79 Å². The minimum Gasteiger partial charge on any atom is -0.396 e. The van der Waals surface area contributed by atoms with Crippen molar-refractivity contribution in [1.82, 2.24) is 14.9 Å². The Balaban J connectivity index is 1.71. The number of rotatable bonds is 4. The Bertz CT molecular complexity index is 510. The molecule has 2 saturated heterocycles. The molecule has 1 N–H and O–H groups in total. The second kappa shape index (κ2) is 6.60. The van der Waals surface area contributed by atoms with E-state index in [9.17, 15) is 4.79 Å². The molecule has 1 aromatic rings. The molecule has 0 aliphatic carbocycles. The van der Waals surface area contributed by atoms with E-state index in [0.29, 0.717) is 19.4 Å². The number of aromatic nitrogens is 2. The van der Waals surface area contributed by atoms with Crippen LogP contribution in [-0.2, 0) is 4.79 Å². The summed E-state index contributed by atoms with van der Waals surface area (Å²) in [5.74, 6) is 1.02. The lowest BCUT2D eigenvalue weighted by Crippen LogP contribution is -2.54. The minimum absolute atomic E-state index is 0.140. The summed E-state index contributed by atoms with van der Waals surface area (Å²) in [6.07, 6.45) is 8.05. The zero-order chi connectivity index (χ0) is 15.4. The number of aliphatic hydroxyl groups excluding tert-OH is 1. The van der Waals surface area contributed by atoms with Crippen molar-refractivity contribution in [1.29, 1.82) is 0 Å². The SMILES string of the molecule is O=C1CC[C@@]2(CCCN(c3ncccn3)C2)CN1CCCO. The van der Waals surface area contributed by atoms with Gasteiger partial charge >= 0.3 is 0 Å². The number of likely N-dealkylation sites (tertiary alicyclic amines) is 1. The number of carbonyl (C=O) groups is 1. The number of nitrogens with zero attached hydrogens (tertiary/aromatic N) is 4. The lowest BCUT2D eigenvalue weighted by atomic mass is 9.73. The molecular formula is C16H24N4O2. The van der Waals surface area contributed by atoms with E-state index in [1.165, 1.54) is 0 Å². The highest BCUT2D eigenvalue weighted by Gasteiger charge is 2.42. The molecule has 0 saturated carbocycles. The number of amides is 1. The molecule has 6 heteroatoms. The van der Waals surface area contributed by atoms with Crippen molar-refractivity contribution in [3.05, 3.63) is 18.5 Å². The second-order valence-electron chi connectivity index (χ2n) is 6.47. The number of anilines is 1. The lowest BCUT2D eigenvalue weighted by molar-refractivity contribution is -0.138. The third-order valence-electron chi connectivity index (χ3n) is 4.83. The standard InChI is InChI=1S/C16H24N4O2/c21-11-3-10-19-12-16(6-4-14(19)22)5-1-9-20(13-16)15-17-7-2-8-18-15/h2,7-8,21H,1,3-6,9-13H2/t16-/m0/s1. The summed E-state index contributed by atoms with van der Waals surface area (Å²) in [5, 5.41) is 9.01. The first-order valence-electron chi connectivity index (χ1n) is 8.13. The first kappa shape index (κ1) is 15.2. The Morgan fingerprint density at radius 1 is 1.23 bits per heavy atom. The highest BCUT2D eigenvalue weighted by Crippen LogP contribution is 2.39. The summed E-state index contributed by atoms with van der Waals surface area (Å²) in [7, 11) is 0. The summed E-state index contributed by atoms with van der Waals surface area (Å²) in [6, 6.07) is 1.83. The van der Waals surface area contributed by atoms with Crippen LogP contribution in [0.15, 0.2) is 18.5 Å². The van der Waals surface area contributed by atoms with Gasteiger partial charge in [0, 0.05) is 57.0 Å². The molecule has 6 nitrogen and oxygen atoms in total. The second-order valence-corrected chi connectivity index (χ2v) is 6.47. The average molecular weight is 304 g/mol. The van der Waals surface area contributed by atoms with Crippen LogP contribution in [0, 0.1) is 5.41 Å². The van der Waals surface area contributed by atoms with Gasteiger partial charge in [-0.25, -0.2) is 9.97 Å². The van der Waals surface area contributed by atoms with E-state index in [1.807, 2.05) is 11.0 Å². The number of hydrogen-bond donors (Lipinski definition) is 1. The molecule has 2 aliphatic heterocycles. The van der Waals surface area contributed by atoms with E-state index in [2.05, 4.69) is 14.9 Å². The fourth-order valence-corrected chi connectivity index (χ4v) is 3.73. The Morgan fingerprint density at radius 3 is 2.82 bits per heavy atom. The molecule has 2 fully saturated rings. The van der Waals surface area contributed by atoms with Crippen LogP contribution in [0.4, 0.5) is 5.95 Å². The zero-order valence-corrected chi connectivity index (χ0v) is 12.9. The fraction of sp³-hybridized carbons (Fsp3) is 0.688. The molecule has 0 aromatic carbocycles. The Morgan fingerprint density at radius 2 is 2.05 bits per heavy atom. The Kier molecular flexibility index (Phi) is 4.57. The van der Waals surface area contributed by atoms with Crippen molar-refractivity contribution in [2.75, 3.05) is 37.7 Å². The summed E-state index contributed by atoms with van der Waals surface area (Å²) in [5.41, 5.74) is 0.154. The van der Waals surface area contributed by atoms with Gasteiger partial charge in [0.25, 0.3) is 0 Å². The van der Waals surface area contributed by atoms with Gasteiger partial charge in [0.2, 0.25) is 11.9 Å². The molecule has 1 spiro atoms. The van der Waals surface area contributed by atoms with Crippen molar-refractivity contribution in [2.45, 2.75) is 32.1 Å². The first-order valence-corrected chi connectivity index (χ1v) is 8.13. The highest BCUT2D eigenvalue weighted by atomic mass is 16.3. The third-order valence-corrected chi connectivity index (χ3v) is 4.83. The summed E-state index contributed by atoms with van der Waals surface area (Å²) in [4.78, 5) is 25.0. The van der Waals surface area contributed by atoms with Gasteiger partial charge in [-0.1, -0.05) is 0 Å². The van der Waals surface area contributed by atoms with Crippen molar-refractivity contribution >= 4 is 11.9 Å². The van der Waals surface area contributed by atoms with E-state index in [0.717, 1.165) is 44.8 Å². The molecule has 1 atom stereocenters. The molecule has 1 amide bonds. The van der Waals surface area contributed by atoms with Crippen LogP contribution >= 0.6 is 0 Å². The molecule has 22 heavy (non-hydrogen) atoms. The van der Waals surface area contributed by atoms with E-state index >= 15 is 0 Å². The predicted octanol–water partition coefficient (Wildman–Crippen LogP) is 1.07. The van der Waals surface area contributed by atoms with Crippen molar-refractivity contribution in [2.24, 2.45) is 5.41 Å². The molecular weight excluding hydrogens is 280 g/mol. The molecule has 0 bridgehead atoms. The number of aliphatic hydroxyl groups is 1. The third kappa shape index (κ3) is 3.21. The van der Waals surface area contributed by atoms with Crippen molar-refractivity contribution in [3.8, 4) is 0 Å². The largest absolute Gasteiger partial charge is 0.396 e. The quantitative estimate of drug-likeness (QED) is 0.901.